The number of carbonyl (C=O) groups is 1. The van der Waals surface area contributed by atoms with Gasteiger partial charge in [0.2, 0.25) is 0 Å². The lowest BCUT2D eigenvalue weighted by Gasteiger charge is -2.12. The van der Waals surface area contributed by atoms with E-state index in [4.69, 9.17) is 11.6 Å². The Bertz CT molecular complexity index is 787. The number of aromatic nitrogens is 2. The molecule has 6 nitrogen and oxygen atoms in total. The molecule has 8 heteroatoms. The molecule has 0 bridgehead atoms. The van der Waals surface area contributed by atoms with E-state index in [0.29, 0.717) is 11.5 Å². The van der Waals surface area contributed by atoms with E-state index in [0.717, 1.165) is 4.57 Å². The Hall–Kier alpha value is -1.86. The molecule has 0 aliphatic heterocycles. The number of fused-ring (bicyclic) bond motifs is 1. The summed E-state index contributed by atoms with van der Waals surface area (Å²) in [5.74, 6) is -0.406. The molecule has 2 aromatic heterocycles. The van der Waals surface area contributed by atoms with Crippen molar-refractivity contribution in [3.05, 3.63) is 33.2 Å². The zero-order valence-electron chi connectivity index (χ0n) is 12.6. The summed E-state index contributed by atoms with van der Waals surface area (Å²) in [6.07, 6.45) is 2.05. The molecule has 22 heavy (non-hydrogen) atoms. The topological polar surface area (TPSA) is 84.5 Å². The lowest BCUT2D eigenvalue weighted by atomic mass is 10.2. The van der Waals surface area contributed by atoms with Crippen molar-refractivity contribution in [3.8, 4) is 5.75 Å². The highest BCUT2D eigenvalue weighted by Gasteiger charge is 2.19. The van der Waals surface area contributed by atoms with Crippen molar-refractivity contribution >= 4 is 45.9 Å². The van der Waals surface area contributed by atoms with Crippen LogP contribution in [-0.4, -0.2) is 39.4 Å². The van der Waals surface area contributed by atoms with Gasteiger partial charge in [-0.3, -0.25) is 14.6 Å². The van der Waals surface area contributed by atoms with Gasteiger partial charge in [0, 0.05) is 7.05 Å². The Kier molecular flexibility index (Phi) is 6.58. The minimum absolute atomic E-state index is 0.153. The largest absolute Gasteiger partial charge is 0.506 e. The molecule has 0 unspecified atom stereocenters. The molecule has 2 rings (SSSR count). The standard InChI is InChI=1S/C12H10ClN3O3S.C2H6/c1-14-12(20-2)16-10-6(3-4-8(13)15-10)9(18)7(5-17)11(16)19;1-2/h3-5,18H,1-2H3;1-2H3. The first-order chi connectivity index (χ1) is 10.5. The van der Waals surface area contributed by atoms with Crippen LogP contribution in [0.1, 0.15) is 24.2 Å². The molecule has 2 aromatic rings. The third kappa shape index (κ3) is 3.15. The summed E-state index contributed by atoms with van der Waals surface area (Å²) in [6.45, 7) is 4.00. The first kappa shape index (κ1) is 18.2. The molecule has 0 fully saturated rings. The smallest absolute Gasteiger partial charge is 0.272 e. The van der Waals surface area contributed by atoms with Crippen molar-refractivity contribution in [3.63, 3.8) is 0 Å². The number of hydrogen-bond donors (Lipinski definition) is 1. The van der Waals surface area contributed by atoms with Crippen LogP contribution in [0.25, 0.3) is 11.0 Å². The highest BCUT2D eigenvalue weighted by Crippen LogP contribution is 2.26. The van der Waals surface area contributed by atoms with E-state index < -0.39 is 11.3 Å². The van der Waals surface area contributed by atoms with Crippen molar-refractivity contribution in [2.75, 3.05) is 13.3 Å². The highest BCUT2D eigenvalue weighted by atomic mass is 35.5. The molecule has 0 amide bonds. The molecule has 118 valence electrons. The number of carbonyl (C=O) groups excluding carboxylic acids is 1. The van der Waals surface area contributed by atoms with Crippen molar-refractivity contribution in [2.24, 2.45) is 4.99 Å². The van der Waals surface area contributed by atoms with Crippen LogP contribution in [0, 0.1) is 0 Å². The Morgan fingerprint density at radius 2 is 2.09 bits per heavy atom. The van der Waals surface area contributed by atoms with Gasteiger partial charge in [0.05, 0.1) is 5.39 Å². The second-order valence-electron chi connectivity index (χ2n) is 3.74. The molecule has 2 heterocycles. The Balaban J connectivity index is 0.00000116. The number of aldehydes is 1. The van der Waals surface area contributed by atoms with Crippen LogP contribution in [0.15, 0.2) is 21.9 Å². The van der Waals surface area contributed by atoms with Crippen LogP contribution >= 0.6 is 23.4 Å². The Labute approximate surface area is 136 Å². The Morgan fingerprint density at radius 3 is 2.59 bits per heavy atom. The summed E-state index contributed by atoms with van der Waals surface area (Å²) in [5, 5.41) is 10.8. The summed E-state index contributed by atoms with van der Waals surface area (Å²) in [6, 6.07) is 2.96. The lowest BCUT2D eigenvalue weighted by molar-refractivity contribution is 0.111. The number of aliphatic imine (C=N–C) groups is 1. The van der Waals surface area contributed by atoms with Gasteiger partial charge in [-0.05, 0) is 18.4 Å². The monoisotopic (exact) mass is 341 g/mol. The number of halogens is 1. The van der Waals surface area contributed by atoms with Crippen LogP contribution < -0.4 is 5.56 Å². The molecule has 0 radical (unpaired) electrons. The van der Waals surface area contributed by atoms with E-state index in [1.165, 1.54) is 30.9 Å². The average molecular weight is 342 g/mol. The first-order valence-electron chi connectivity index (χ1n) is 6.45. The van der Waals surface area contributed by atoms with Crippen LogP contribution in [0.4, 0.5) is 0 Å². The summed E-state index contributed by atoms with van der Waals surface area (Å²) >= 11 is 7.05. The van der Waals surface area contributed by atoms with E-state index in [2.05, 4.69) is 9.98 Å². The number of nitrogens with zero attached hydrogens (tertiary/aromatic N) is 3. The summed E-state index contributed by atoms with van der Waals surface area (Å²) < 4.78 is 1.16. The van der Waals surface area contributed by atoms with E-state index >= 15 is 0 Å². The van der Waals surface area contributed by atoms with Crippen molar-refractivity contribution < 1.29 is 9.90 Å². The maximum atomic E-state index is 12.3. The predicted molar refractivity (Wildman–Crippen MR) is 91.7 cm³/mol. The molecule has 0 aliphatic rings. The molecule has 0 atom stereocenters. The fraction of sp³-hybridized carbons (Fsp3) is 0.286. The maximum Gasteiger partial charge on any atom is 0.272 e. The number of pyridine rings is 2. The van der Waals surface area contributed by atoms with Gasteiger partial charge in [-0.25, -0.2) is 9.55 Å². The van der Waals surface area contributed by atoms with E-state index in [9.17, 15) is 14.7 Å². The van der Waals surface area contributed by atoms with Gasteiger partial charge in [-0.2, -0.15) is 0 Å². The molecule has 0 spiro atoms. The zero-order valence-corrected chi connectivity index (χ0v) is 14.2. The second-order valence-corrected chi connectivity index (χ2v) is 4.90. The number of rotatable bonds is 1. The fourth-order valence-electron chi connectivity index (χ4n) is 1.81. The normalized spacial score (nSPS) is 11.0. The van der Waals surface area contributed by atoms with Crippen LogP contribution in [0.2, 0.25) is 5.15 Å². The Morgan fingerprint density at radius 1 is 1.45 bits per heavy atom. The summed E-state index contributed by atoms with van der Waals surface area (Å²) in [4.78, 5) is 31.4. The minimum atomic E-state index is -0.685. The van der Waals surface area contributed by atoms with E-state index in [-0.39, 0.29) is 21.7 Å². The maximum absolute atomic E-state index is 12.3. The van der Waals surface area contributed by atoms with Gasteiger partial charge < -0.3 is 5.11 Å². The third-order valence-corrected chi connectivity index (χ3v) is 3.62. The zero-order chi connectivity index (χ0) is 16.9. The van der Waals surface area contributed by atoms with Gasteiger partial charge in [0.15, 0.2) is 17.1 Å². The summed E-state index contributed by atoms with van der Waals surface area (Å²) in [7, 11) is 1.52. The SMILES string of the molecule is CC.CN=C(SC)n1c(=O)c(C=O)c(O)c2ccc(Cl)nc21. The van der Waals surface area contributed by atoms with Gasteiger partial charge in [-0.15, -0.1) is 0 Å². The van der Waals surface area contributed by atoms with Crippen LogP contribution in [-0.2, 0) is 0 Å². The second kappa shape index (κ2) is 7.95. The van der Waals surface area contributed by atoms with Crippen LogP contribution in [0.3, 0.4) is 0 Å². The average Bonchev–Trinajstić information content (AvgIpc) is 2.53. The highest BCUT2D eigenvalue weighted by molar-refractivity contribution is 8.13. The number of thioether (sulfide) groups is 1. The van der Waals surface area contributed by atoms with E-state index in [1.54, 1.807) is 6.26 Å². The first-order valence-corrected chi connectivity index (χ1v) is 8.06. The molecule has 0 saturated heterocycles. The molecular weight excluding hydrogens is 326 g/mol. The third-order valence-electron chi connectivity index (χ3n) is 2.68. The van der Waals surface area contributed by atoms with Gasteiger partial charge in [0.1, 0.15) is 16.5 Å². The van der Waals surface area contributed by atoms with Crippen molar-refractivity contribution in [1.29, 1.82) is 0 Å². The number of aromatic hydroxyl groups is 1. The number of hydrogen-bond acceptors (Lipinski definition) is 6. The summed E-state index contributed by atoms with van der Waals surface area (Å²) in [5.41, 5.74) is -0.868. The molecular formula is C14H16ClN3O3S. The van der Waals surface area contributed by atoms with Gasteiger partial charge in [-0.1, -0.05) is 37.2 Å². The predicted octanol–water partition coefficient (Wildman–Crippen LogP) is 2.79. The van der Waals surface area contributed by atoms with E-state index in [1.807, 2.05) is 13.8 Å². The van der Waals surface area contributed by atoms with Crippen LogP contribution in [0.5, 0.6) is 5.75 Å². The van der Waals surface area contributed by atoms with Crippen molar-refractivity contribution in [1.82, 2.24) is 9.55 Å². The lowest BCUT2D eigenvalue weighted by Crippen LogP contribution is -2.29. The quantitative estimate of drug-likeness (QED) is 0.373. The molecule has 1 N–H and O–H groups in total. The van der Waals surface area contributed by atoms with Gasteiger partial charge in [0.25, 0.3) is 5.56 Å². The molecule has 0 aliphatic carbocycles. The minimum Gasteiger partial charge on any atom is -0.506 e. The van der Waals surface area contributed by atoms with Gasteiger partial charge >= 0.3 is 0 Å². The van der Waals surface area contributed by atoms with Crippen molar-refractivity contribution in [2.45, 2.75) is 13.8 Å². The fourth-order valence-corrected chi connectivity index (χ4v) is 2.49. The molecule has 0 saturated carbocycles. The molecule has 0 aromatic carbocycles.